The molecule has 0 aromatic heterocycles. The molecule has 82 valence electrons. The number of hydrogen-bond donors (Lipinski definition) is 1. The molecule has 0 spiro atoms. The first-order valence-electron chi connectivity index (χ1n) is 5.60. The van der Waals surface area contributed by atoms with Crippen LogP contribution in [0.5, 0.6) is 5.75 Å². The minimum Gasteiger partial charge on any atom is -0.493 e. The second kappa shape index (κ2) is 4.23. The van der Waals surface area contributed by atoms with Crippen molar-refractivity contribution in [2.24, 2.45) is 0 Å². The Kier molecular flexibility index (Phi) is 2.96. The lowest BCUT2D eigenvalue weighted by atomic mass is 9.95. The molecule has 1 unspecified atom stereocenters. The quantitative estimate of drug-likeness (QED) is 0.824. The number of benzene rings is 1. The molecule has 1 atom stereocenters. The Bertz CT molecular complexity index is 344. The van der Waals surface area contributed by atoms with Crippen molar-refractivity contribution in [3.8, 4) is 5.75 Å². The molecule has 0 aliphatic carbocycles. The number of fused-ring (bicyclic) bond motifs is 1. The van der Waals surface area contributed by atoms with Gasteiger partial charge in [0, 0.05) is 18.1 Å². The van der Waals surface area contributed by atoms with Gasteiger partial charge in [0.25, 0.3) is 0 Å². The van der Waals surface area contributed by atoms with Crippen LogP contribution in [0, 0.1) is 0 Å². The van der Waals surface area contributed by atoms with Gasteiger partial charge >= 0.3 is 0 Å². The first kappa shape index (κ1) is 10.5. The minimum absolute atomic E-state index is 0.236. The molecule has 0 saturated carbocycles. The van der Waals surface area contributed by atoms with Crippen LogP contribution in [0.25, 0.3) is 0 Å². The Hall–Kier alpha value is -1.02. The van der Waals surface area contributed by atoms with Crippen LogP contribution in [-0.4, -0.2) is 18.3 Å². The zero-order chi connectivity index (χ0) is 10.8. The Morgan fingerprint density at radius 2 is 2.27 bits per heavy atom. The summed E-state index contributed by atoms with van der Waals surface area (Å²) in [5, 5.41) is 8.94. The van der Waals surface area contributed by atoms with Crippen molar-refractivity contribution in [1.82, 2.24) is 0 Å². The molecule has 2 nitrogen and oxygen atoms in total. The fraction of sp³-hybridized carbons (Fsp3) is 0.538. The second-order valence-corrected chi connectivity index (χ2v) is 4.47. The van der Waals surface area contributed by atoms with Crippen LogP contribution in [0.15, 0.2) is 18.2 Å². The molecule has 0 fully saturated rings. The van der Waals surface area contributed by atoms with Gasteiger partial charge in [0.2, 0.25) is 0 Å². The van der Waals surface area contributed by atoms with Crippen LogP contribution in [-0.2, 0) is 0 Å². The predicted molar refractivity (Wildman–Crippen MR) is 60.5 cm³/mol. The standard InChI is InChI=1S/C13H18O2/c1-9(2)10-3-4-12-11(5-6-14)8-15-13(12)7-10/h3-4,7,9,11,14H,5-6,8H2,1-2H3. The van der Waals surface area contributed by atoms with Crippen molar-refractivity contribution in [2.75, 3.05) is 13.2 Å². The average molecular weight is 206 g/mol. The molecule has 1 aromatic carbocycles. The Labute approximate surface area is 90.9 Å². The van der Waals surface area contributed by atoms with Gasteiger partial charge in [-0.1, -0.05) is 26.0 Å². The molecule has 2 rings (SSSR count). The molecule has 1 aliphatic heterocycles. The van der Waals surface area contributed by atoms with Crippen LogP contribution < -0.4 is 4.74 Å². The van der Waals surface area contributed by atoms with E-state index in [4.69, 9.17) is 9.84 Å². The van der Waals surface area contributed by atoms with Gasteiger partial charge in [0.15, 0.2) is 0 Å². The summed E-state index contributed by atoms with van der Waals surface area (Å²) in [5.41, 5.74) is 2.58. The van der Waals surface area contributed by atoms with E-state index in [9.17, 15) is 0 Å². The number of hydrogen-bond acceptors (Lipinski definition) is 2. The fourth-order valence-corrected chi connectivity index (χ4v) is 2.05. The van der Waals surface area contributed by atoms with Crippen LogP contribution >= 0.6 is 0 Å². The summed E-state index contributed by atoms with van der Waals surface area (Å²) in [6.45, 7) is 5.32. The van der Waals surface area contributed by atoms with Crippen molar-refractivity contribution < 1.29 is 9.84 Å². The van der Waals surface area contributed by atoms with E-state index >= 15 is 0 Å². The molecule has 2 heteroatoms. The van der Waals surface area contributed by atoms with Gasteiger partial charge in [-0.25, -0.2) is 0 Å². The largest absolute Gasteiger partial charge is 0.493 e. The highest BCUT2D eigenvalue weighted by atomic mass is 16.5. The smallest absolute Gasteiger partial charge is 0.123 e. The van der Waals surface area contributed by atoms with Crippen LogP contribution in [0.3, 0.4) is 0 Å². The number of rotatable bonds is 3. The molecule has 0 bridgehead atoms. The highest BCUT2D eigenvalue weighted by Gasteiger charge is 2.23. The third-order valence-corrected chi connectivity index (χ3v) is 3.06. The van der Waals surface area contributed by atoms with E-state index in [1.54, 1.807) is 0 Å². The Morgan fingerprint density at radius 3 is 2.93 bits per heavy atom. The minimum atomic E-state index is 0.236. The fourth-order valence-electron chi connectivity index (χ4n) is 2.05. The van der Waals surface area contributed by atoms with E-state index in [-0.39, 0.29) is 6.61 Å². The van der Waals surface area contributed by atoms with Gasteiger partial charge in [0.1, 0.15) is 5.75 Å². The Morgan fingerprint density at radius 1 is 1.47 bits per heavy atom. The molecular formula is C13H18O2. The third kappa shape index (κ3) is 2.00. The highest BCUT2D eigenvalue weighted by molar-refractivity contribution is 5.43. The maximum Gasteiger partial charge on any atom is 0.123 e. The molecule has 1 heterocycles. The van der Waals surface area contributed by atoms with Crippen LogP contribution in [0.4, 0.5) is 0 Å². The van der Waals surface area contributed by atoms with E-state index < -0.39 is 0 Å². The van der Waals surface area contributed by atoms with Crippen molar-refractivity contribution >= 4 is 0 Å². The van der Waals surface area contributed by atoms with Gasteiger partial charge in [0.05, 0.1) is 6.61 Å². The van der Waals surface area contributed by atoms with E-state index in [2.05, 4.69) is 32.0 Å². The normalized spacial score (nSPS) is 19.1. The first-order chi connectivity index (χ1) is 7.22. The summed E-state index contributed by atoms with van der Waals surface area (Å²) < 4.78 is 5.64. The maximum atomic E-state index is 8.94. The molecule has 1 N–H and O–H groups in total. The van der Waals surface area contributed by atoms with Crippen molar-refractivity contribution in [2.45, 2.75) is 32.1 Å². The monoisotopic (exact) mass is 206 g/mol. The SMILES string of the molecule is CC(C)c1ccc2c(c1)OCC2CCO. The van der Waals surface area contributed by atoms with Gasteiger partial charge in [-0.15, -0.1) is 0 Å². The number of aliphatic hydroxyl groups is 1. The highest BCUT2D eigenvalue weighted by Crippen LogP contribution is 2.37. The van der Waals surface area contributed by atoms with E-state index in [1.165, 1.54) is 11.1 Å². The van der Waals surface area contributed by atoms with E-state index in [0.717, 1.165) is 18.8 Å². The molecule has 1 aromatic rings. The molecule has 15 heavy (non-hydrogen) atoms. The van der Waals surface area contributed by atoms with Crippen molar-refractivity contribution in [3.63, 3.8) is 0 Å². The zero-order valence-corrected chi connectivity index (χ0v) is 9.36. The van der Waals surface area contributed by atoms with Crippen LogP contribution in [0.2, 0.25) is 0 Å². The Balaban J connectivity index is 2.25. The van der Waals surface area contributed by atoms with Gasteiger partial charge < -0.3 is 9.84 Å². The first-order valence-corrected chi connectivity index (χ1v) is 5.60. The second-order valence-electron chi connectivity index (χ2n) is 4.47. The summed E-state index contributed by atoms with van der Waals surface area (Å²) in [4.78, 5) is 0. The van der Waals surface area contributed by atoms with E-state index in [1.807, 2.05) is 0 Å². The summed E-state index contributed by atoms with van der Waals surface area (Å²) >= 11 is 0. The topological polar surface area (TPSA) is 29.5 Å². The number of aliphatic hydroxyl groups excluding tert-OH is 1. The third-order valence-electron chi connectivity index (χ3n) is 3.06. The molecule has 0 amide bonds. The summed E-state index contributed by atoms with van der Waals surface area (Å²) in [7, 11) is 0. The molecule has 0 saturated heterocycles. The zero-order valence-electron chi connectivity index (χ0n) is 9.36. The van der Waals surface area contributed by atoms with Crippen molar-refractivity contribution in [1.29, 1.82) is 0 Å². The molecule has 0 radical (unpaired) electrons. The average Bonchev–Trinajstić information content (AvgIpc) is 2.61. The van der Waals surface area contributed by atoms with Crippen LogP contribution in [0.1, 0.15) is 43.2 Å². The lowest BCUT2D eigenvalue weighted by molar-refractivity contribution is 0.254. The number of ether oxygens (including phenoxy) is 1. The van der Waals surface area contributed by atoms with Gasteiger partial charge in [-0.05, 0) is 24.0 Å². The summed E-state index contributed by atoms with van der Waals surface area (Å²) in [6.07, 6.45) is 0.800. The molecular weight excluding hydrogens is 188 g/mol. The summed E-state index contributed by atoms with van der Waals surface area (Å²) in [6, 6.07) is 6.46. The van der Waals surface area contributed by atoms with Gasteiger partial charge in [-0.2, -0.15) is 0 Å². The lowest BCUT2D eigenvalue weighted by Gasteiger charge is -2.08. The predicted octanol–water partition coefficient (Wildman–Crippen LogP) is 2.67. The lowest BCUT2D eigenvalue weighted by Crippen LogP contribution is -2.02. The molecule has 1 aliphatic rings. The van der Waals surface area contributed by atoms with Gasteiger partial charge in [-0.3, -0.25) is 0 Å². The van der Waals surface area contributed by atoms with E-state index in [0.29, 0.717) is 11.8 Å². The van der Waals surface area contributed by atoms with Crippen molar-refractivity contribution in [3.05, 3.63) is 29.3 Å². The maximum absolute atomic E-state index is 8.94. The summed E-state index contributed by atoms with van der Waals surface area (Å²) in [5.74, 6) is 1.93.